The summed E-state index contributed by atoms with van der Waals surface area (Å²) in [6.45, 7) is 2.80. The van der Waals surface area contributed by atoms with E-state index in [1.807, 2.05) is 42.5 Å². The number of carbonyl (C=O) groups is 1. The number of para-hydroxylation sites is 1. The van der Waals surface area contributed by atoms with Crippen molar-refractivity contribution in [3.63, 3.8) is 0 Å². The van der Waals surface area contributed by atoms with Gasteiger partial charge in [0.2, 0.25) is 0 Å². The Balaban J connectivity index is 1.52. The molecule has 5 nitrogen and oxygen atoms in total. The van der Waals surface area contributed by atoms with Gasteiger partial charge in [-0.15, -0.1) is 0 Å². The molecule has 0 aliphatic rings. The molecule has 1 aromatic heterocycles. The normalized spacial score (nSPS) is 10.1. The Morgan fingerprint density at radius 2 is 1.76 bits per heavy atom. The minimum Gasteiger partial charge on any atom is -0.380 e. The van der Waals surface area contributed by atoms with E-state index in [2.05, 4.69) is 46.1 Å². The van der Waals surface area contributed by atoms with Gasteiger partial charge in [-0.2, -0.15) is 0 Å². The van der Waals surface area contributed by atoms with Crippen LogP contribution in [0.3, 0.4) is 0 Å². The average Bonchev–Trinajstić information content (AvgIpc) is 2.62. The standard InChI is InChI=1S/C20H20N4O/c1-15-6-5-7-16(12-15)13-21-18-10-11-19(22-14-18)24-20(25)23-17-8-3-2-4-9-17/h2-12,14,21H,13H2,1H3,(H2,22,23,24,25). The molecule has 126 valence electrons. The lowest BCUT2D eigenvalue weighted by atomic mass is 10.1. The van der Waals surface area contributed by atoms with Crippen LogP contribution in [0.5, 0.6) is 0 Å². The van der Waals surface area contributed by atoms with Crippen LogP contribution < -0.4 is 16.0 Å². The summed E-state index contributed by atoms with van der Waals surface area (Å²) in [7, 11) is 0. The maximum Gasteiger partial charge on any atom is 0.324 e. The second-order valence-corrected chi connectivity index (χ2v) is 5.72. The first-order valence-corrected chi connectivity index (χ1v) is 8.07. The van der Waals surface area contributed by atoms with Crippen LogP contribution in [0.1, 0.15) is 11.1 Å². The van der Waals surface area contributed by atoms with E-state index in [1.165, 1.54) is 11.1 Å². The summed E-state index contributed by atoms with van der Waals surface area (Å²) < 4.78 is 0. The quantitative estimate of drug-likeness (QED) is 0.637. The summed E-state index contributed by atoms with van der Waals surface area (Å²) in [6.07, 6.45) is 1.70. The van der Waals surface area contributed by atoms with Crippen LogP contribution in [0.25, 0.3) is 0 Å². The van der Waals surface area contributed by atoms with Gasteiger partial charge in [0.15, 0.2) is 0 Å². The third-order valence-corrected chi connectivity index (χ3v) is 3.62. The SMILES string of the molecule is Cc1cccc(CNc2ccc(NC(=O)Nc3ccccc3)nc2)c1. The number of carbonyl (C=O) groups excluding carboxylic acids is 1. The number of nitrogens with one attached hydrogen (secondary N) is 3. The molecule has 3 rings (SSSR count). The van der Waals surface area contributed by atoms with Crippen molar-refractivity contribution < 1.29 is 4.79 Å². The van der Waals surface area contributed by atoms with Crippen molar-refractivity contribution in [3.8, 4) is 0 Å². The Hall–Kier alpha value is -3.34. The highest BCUT2D eigenvalue weighted by atomic mass is 16.2. The molecule has 0 aliphatic heterocycles. The minimum absolute atomic E-state index is 0.320. The molecule has 0 radical (unpaired) electrons. The molecule has 0 spiro atoms. The van der Waals surface area contributed by atoms with Crippen molar-refractivity contribution in [2.75, 3.05) is 16.0 Å². The van der Waals surface area contributed by atoms with E-state index in [0.717, 1.165) is 17.9 Å². The van der Waals surface area contributed by atoms with Gasteiger partial charge in [-0.25, -0.2) is 9.78 Å². The van der Waals surface area contributed by atoms with Crippen molar-refractivity contribution in [2.24, 2.45) is 0 Å². The van der Waals surface area contributed by atoms with Crippen LogP contribution >= 0.6 is 0 Å². The van der Waals surface area contributed by atoms with E-state index in [9.17, 15) is 4.79 Å². The van der Waals surface area contributed by atoms with E-state index >= 15 is 0 Å². The molecular formula is C20H20N4O. The predicted octanol–water partition coefficient (Wildman–Crippen LogP) is 4.65. The number of aromatic nitrogens is 1. The number of nitrogens with zero attached hydrogens (tertiary/aromatic N) is 1. The molecule has 0 aliphatic carbocycles. The van der Waals surface area contributed by atoms with Crippen LogP contribution in [0.4, 0.5) is 22.0 Å². The molecular weight excluding hydrogens is 312 g/mol. The lowest BCUT2D eigenvalue weighted by molar-refractivity contribution is 0.262. The minimum atomic E-state index is -0.320. The molecule has 0 bridgehead atoms. The fraction of sp³-hybridized carbons (Fsp3) is 0.100. The highest BCUT2D eigenvalue weighted by molar-refractivity contribution is 5.99. The van der Waals surface area contributed by atoms with E-state index in [0.29, 0.717) is 5.82 Å². The number of pyridine rings is 1. The second kappa shape index (κ2) is 7.97. The molecule has 25 heavy (non-hydrogen) atoms. The van der Waals surface area contributed by atoms with Gasteiger partial charge in [0.1, 0.15) is 5.82 Å². The number of hydrogen-bond donors (Lipinski definition) is 3. The second-order valence-electron chi connectivity index (χ2n) is 5.72. The molecule has 5 heteroatoms. The van der Waals surface area contributed by atoms with Gasteiger partial charge < -0.3 is 10.6 Å². The number of hydrogen-bond acceptors (Lipinski definition) is 3. The molecule has 0 saturated heterocycles. The summed E-state index contributed by atoms with van der Waals surface area (Å²) in [5, 5.41) is 8.78. The van der Waals surface area contributed by atoms with E-state index in [1.54, 1.807) is 12.3 Å². The number of rotatable bonds is 5. The molecule has 2 aromatic carbocycles. The first-order valence-electron chi connectivity index (χ1n) is 8.07. The molecule has 0 atom stereocenters. The zero-order valence-electron chi connectivity index (χ0n) is 14.0. The zero-order chi connectivity index (χ0) is 17.5. The zero-order valence-corrected chi connectivity index (χ0v) is 14.0. The maximum atomic E-state index is 11.9. The van der Waals surface area contributed by atoms with Crippen LogP contribution in [-0.2, 0) is 6.54 Å². The molecule has 3 aromatic rings. The fourth-order valence-electron chi connectivity index (χ4n) is 2.40. The molecule has 2 amide bonds. The Bertz CT molecular complexity index is 832. The van der Waals surface area contributed by atoms with Crippen molar-refractivity contribution in [1.29, 1.82) is 0 Å². The van der Waals surface area contributed by atoms with Crippen molar-refractivity contribution in [2.45, 2.75) is 13.5 Å². The third-order valence-electron chi connectivity index (χ3n) is 3.62. The van der Waals surface area contributed by atoms with Gasteiger partial charge in [0.25, 0.3) is 0 Å². The summed E-state index contributed by atoms with van der Waals surface area (Å²) >= 11 is 0. The van der Waals surface area contributed by atoms with Crippen molar-refractivity contribution in [3.05, 3.63) is 84.1 Å². The van der Waals surface area contributed by atoms with Gasteiger partial charge in [-0.3, -0.25) is 5.32 Å². The molecule has 0 saturated carbocycles. The summed E-state index contributed by atoms with van der Waals surface area (Å²) in [4.78, 5) is 16.2. The van der Waals surface area contributed by atoms with E-state index < -0.39 is 0 Å². The van der Waals surface area contributed by atoms with Gasteiger partial charge in [0.05, 0.1) is 11.9 Å². The van der Waals surface area contributed by atoms with Crippen LogP contribution in [0.15, 0.2) is 72.9 Å². The Morgan fingerprint density at radius 1 is 0.920 bits per heavy atom. The van der Waals surface area contributed by atoms with Crippen molar-refractivity contribution >= 4 is 23.2 Å². The van der Waals surface area contributed by atoms with Gasteiger partial charge >= 0.3 is 6.03 Å². The third kappa shape index (κ3) is 5.07. The maximum absolute atomic E-state index is 11.9. The number of amides is 2. The molecule has 1 heterocycles. The number of aryl methyl sites for hydroxylation is 1. The van der Waals surface area contributed by atoms with Crippen molar-refractivity contribution in [1.82, 2.24) is 4.98 Å². The first kappa shape index (κ1) is 16.5. The highest BCUT2D eigenvalue weighted by Gasteiger charge is 2.03. The largest absolute Gasteiger partial charge is 0.380 e. The van der Waals surface area contributed by atoms with Gasteiger partial charge in [-0.1, -0.05) is 48.0 Å². The lowest BCUT2D eigenvalue weighted by Crippen LogP contribution is -2.19. The summed E-state index contributed by atoms with van der Waals surface area (Å²) in [6, 6.07) is 21.0. The predicted molar refractivity (Wildman–Crippen MR) is 102 cm³/mol. The van der Waals surface area contributed by atoms with Crippen LogP contribution in [0, 0.1) is 6.92 Å². The monoisotopic (exact) mass is 332 g/mol. The average molecular weight is 332 g/mol. The van der Waals surface area contributed by atoms with Gasteiger partial charge in [0, 0.05) is 12.2 Å². The Kier molecular flexibility index (Phi) is 5.26. The number of anilines is 3. The van der Waals surface area contributed by atoms with Gasteiger partial charge in [-0.05, 0) is 36.8 Å². The molecule has 0 fully saturated rings. The van der Waals surface area contributed by atoms with Crippen LogP contribution in [-0.4, -0.2) is 11.0 Å². The topological polar surface area (TPSA) is 66.0 Å². The van der Waals surface area contributed by atoms with E-state index in [4.69, 9.17) is 0 Å². The van der Waals surface area contributed by atoms with E-state index in [-0.39, 0.29) is 6.03 Å². The summed E-state index contributed by atoms with van der Waals surface area (Å²) in [5.41, 5.74) is 4.08. The number of benzene rings is 2. The smallest absolute Gasteiger partial charge is 0.324 e. The number of urea groups is 1. The first-order chi connectivity index (χ1) is 12.2. The molecule has 0 unspecified atom stereocenters. The van der Waals surface area contributed by atoms with Crippen LogP contribution in [0.2, 0.25) is 0 Å². The fourth-order valence-corrected chi connectivity index (χ4v) is 2.40. The summed E-state index contributed by atoms with van der Waals surface area (Å²) in [5.74, 6) is 0.495. The molecule has 3 N–H and O–H groups in total. The Labute approximate surface area is 147 Å². The highest BCUT2D eigenvalue weighted by Crippen LogP contribution is 2.13. The Morgan fingerprint density at radius 3 is 2.48 bits per heavy atom. The lowest BCUT2D eigenvalue weighted by Gasteiger charge is -2.09.